The largest absolute Gasteiger partial charge is 0.309 e. The molecule has 16 heavy (non-hydrogen) atoms. The Morgan fingerprint density at radius 3 is 2.88 bits per heavy atom. The van der Waals surface area contributed by atoms with Crippen LogP contribution >= 0.6 is 0 Å². The third kappa shape index (κ3) is 5.14. The van der Waals surface area contributed by atoms with Gasteiger partial charge in [-0.25, -0.2) is 4.98 Å². The average molecular weight is 227 g/mol. The van der Waals surface area contributed by atoms with E-state index in [9.17, 15) is 13.6 Å². The lowest BCUT2D eigenvalue weighted by molar-refractivity contribution is -0.116. The monoisotopic (exact) mass is 227 g/mol. The molecule has 0 aliphatic heterocycles. The van der Waals surface area contributed by atoms with E-state index in [1.807, 2.05) is 0 Å². The summed E-state index contributed by atoms with van der Waals surface area (Å²) in [6.07, 6.45) is 4.20. The number of amides is 1. The van der Waals surface area contributed by atoms with E-state index in [0.29, 0.717) is 12.2 Å². The second-order valence-corrected chi connectivity index (χ2v) is 3.02. The van der Waals surface area contributed by atoms with Gasteiger partial charge in [0, 0.05) is 18.8 Å². The minimum Gasteiger partial charge on any atom is -0.309 e. The number of halogens is 2. The van der Waals surface area contributed by atoms with Crippen LogP contribution in [0.2, 0.25) is 0 Å². The Bertz CT molecular complexity index is 364. The molecule has 1 aromatic rings. The maximum absolute atomic E-state index is 11.6. The van der Waals surface area contributed by atoms with Crippen molar-refractivity contribution >= 4 is 11.7 Å². The highest BCUT2D eigenvalue weighted by atomic mass is 19.3. The first-order valence-electron chi connectivity index (χ1n) is 4.75. The van der Waals surface area contributed by atoms with E-state index >= 15 is 0 Å². The predicted octanol–water partition coefficient (Wildman–Crippen LogP) is 2.37. The number of nitrogens with zero attached hydrogens (tertiary/aromatic N) is 2. The third-order valence-corrected chi connectivity index (χ3v) is 1.74. The minimum absolute atomic E-state index is 0.181. The van der Waals surface area contributed by atoms with E-state index < -0.39 is 6.08 Å². The Balaban J connectivity index is 2.24. The summed E-state index contributed by atoms with van der Waals surface area (Å²) in [5.74, 6) is 0.105. The first-order valence-corrected chi connectivity index (χ1v) is 4.75. The Hall–Kier alpha value is -1.85. The smallest absolute Gasteiger partial charge is 0.266 e. The lowest BCUT2D eigenvalue weighted by Crippen LogP contribution is -2.12. The number of rotatable bonds is 5. The number of hydrogen-bond donors (Lipinski definition) is 1. The van der Waals surface area contributed by atoms with Crippen molar-refractivity contribution < 1.29 is 13.6 Å². The van der Waals surface area contributed by atoms with Crippen LogP contribution in [0, 0.1) is 0 Å². The van der Waals surface area contributed by atoms with E-state index in [1.54, 1.807) is 0 Å². The summed E-state index contributed by atoms with van der Waals surface area (Å²) >= 11 is 0. The highest BCUT2D eigenvalue weighted by molar-refractivity contribution is 5.89. The van der Waals surface area contributed by atoms with E-state index in [4.69, 9.17) is 0 Å². The first kappa shape index (κ1) is 12.2. The summed E-state index contributed by atoms with van der Waals surface area (Å²) < 4.78 is 23.3. The van der Waals surface area contributed by atoms with E-state index in [0.717, 1.165) is 6.08 Å². The van der Waals surface area contributed by atoms with Crippen molar-refractivity contribution in [2.24, 2.45) is 0 Å². The fourth-order valence-corrected chi connectivity index (χ4v) is 1.04. The summed E-state index contributed by atoms with van der Waals surface area (Å²) in [7, 11) is 0. The number of hydrogen-bond acceptors (Lipinski definition) is 3. The highest BCUT2D eigenvalue weighted by Crippen LogP contribution is 2.05. The topological polar surface area (TPSA) is 54.9 Å². The van der Waals surface area contributed by atoms with Crippen LogP contribution in [0.15, 0.2) is 30.7 Å². The number of unbranched alkanes of at least 4 members (excludes halogenated alkanes) is 1. The molecule has 0 aromatic carbocycles. The van der Waals surface area contributed by atoms with E-state index in [-0.39, 0.29) is 18.7 Å². The molecular weight excluding hydrogens is 216 g/mol. The van der Waals surface area contributed by atoms with Gasteiger partial charge >= 0.3 is 0 Å². The lowest BCUT2D eigenvalue weighted by atomic mass is 10.2. The molecule has 0 saturated heterocycles. The molecule has 0 radical (unpaired) electrons. The fraction of sp³-hybridized carbons (Fsp3) is 0.300. The highest BCUT2D eigenvalue weighted by Gasteiger charge is 2.02. The maximum atomic E-state index is 11.6. The first-order chi connectivity index (χ1) is 7.68. The van der Waals surface area contributed by atoms with Gasteiger partial charge in [-0.1, -0.05) is 0 Å². The molecule has 1 rings (SSSR count). The van der Waals surface area contributed by atoms with Crippen molar-refractivity contribution in [1.29, 1.82) is 0 Å². The standard InChI is InChI=1S/C10H11F2N3O/c11-8(12)3-1-2-4-10(16)15-9-7-13-5-6-14-9/h3,5-7H,1-2,4H2,(H,14,15,16). The van der Waals surface area contributed by atoms with Crippen molar-refractivity contribution in [2.45, 2.75) is 19.3 Å². The van der Waals surface area contributed by atoms with Gasteiger partial charge in [0.25, 0.3) is 6.08 Å². The number of carbonyl (C=O) groups excluding carboxylic acids is 1. The van der Waals surface area contributed by atoms with Gasteiger partial charge in [0.2, 0.25) is 5.91 Å². The Morgan fingerprint density at radius 2 is 2.25 bits per heavy atom. The zero-order chi connectivity index (χ0) is 11.8. The predicted molar refractivity (Wildman–Crippen MR) is 54.8 cm³/mol. The van der Waals surface area contributed by atoms with Crippen molar-refractivity contribution in [3.8, 4) is 0 Å². The molecule has 0 saturated carbocycles. The van der Waals surface area contributed by atoms with Crippen LogP contribution in [0.3, 0.4) is 0 Å². The van der Waals surface area contributed by atoms with Crippen LogP contribution in [0.5, 0.6) is 0 Å². The van der Waals surface area contributed by atoms with Crippen molar-refractivity contribution in [3.05, 3.63) is 30.7 Å². The van der Waals surface area contributed by atoms with Gasteiger partial charge in [0.1, 0.15) is 0 Å². The molecule has 1 heterocycles. The molecule has 0 fully saturated rings. The summed E-state index contributed by atoms with van der Waals surface area (Å²) in [6, 6.07) is 0. The second-order valence-electron chi connectivity index (χ2n) is 3.02. The van der Waals surface area contributed by atoms with Crippen LogP contribution in [-0.4, -0.2) is 15.9 Å². The van der Waals surface area contributed by atoms with Crippen LogP contribution < -0.4 is 5.32 Å². The summed E-state index contributed by atoms with van der Waals surface area (Å²) in [5, 5.41) is 2.51. The van der Waals surface area contributed by atoms with Gasteiger partial charge in [-0.05, 0) is 18.9 Å². The number of carbonyl (C=O) groups is 1. The molecule has 4 nitrogen and oxygen atoms in total. The van der Waals surface area contributed by atoms with Gasteiger partial charge < -0.3 is 5.32 Å². The minimum atomic E-state index is -1.71. The summed E-state index contributed by atoms with van der Waals surface area (Å²) in [5.41, 5.74) is 0. The van der Waals surface area contributed by atoms with Crippen LogP contribution in [0.1, 0.15) is 19.3 Å². The molecular formula is C10H11F2N3O. The lowest BCUT2D eigenvalue weighted by Gasteiger charge is -2.01. The summed E-state index contributed by atoms with van der Waals surface area (Å²) in [6.45, 7) is 0. The zero-order valence-electron chi connectivity index (χ0n) is 8.49. The third-order valence-electron chi connectivity index (χ3n) is 1.74. The van der Waals surface area contributed by atoms with Crippen molar-refractivity contribution in [3.63, 3.8) is 0 Å². The number of anilines is 1. The Labute approximate surface area is 91.4 Å². The van der Waals surface area contributed by atoms with Crippen LogP contribution in [-0.2, 0) is 4.79 Å². The van der Waals surface area contributed by atoms with Crippen LogP contribution in [0.4, 0.5) is 14.6 Å². The molecule has 1 amide bonds. The summed E-state index contributed by atoms with van der Waals surface area (Å²) in [4.78, 5) is 18.9. The van der Waals surface area contributed by atoms with Gasteiger partial charge in [-0.15, -0.1) is 0 Å². The van der Waals surface area contributed by atoms with Gasteiger partial charge in [-0.3, -0.25) is 9.78 Å². The molecule has 6 heteroatoms. The molecule has 0 atom stereocenters. The Kier molecular flexibility index (Phi) is 5.04. The van der Waals surface area contributed by atoms with Crippen LogP contribution in [0.25, 0.3) is 0 Å². The molecule has 0 spiro atoms. The molecule has 0 unspecified atom stereocenters. The van der Waals surface area contributed by atoms with Crippen molar-refractivity contribution in [1.82, 2.24) is 9.97 Å². The second kappa shape index (κ2) is 6.60. The molecule has 0 aliphatic carbocycles. The quantitative estimate of drug-likeness (QED) is 0.785. The SMILES string of the molecule is O=C(CCCC=C(F)F)Nc1cnccn1. The van der Waals surface area contributed by atoms with E-state index in [1.165, 1.54) is 18.6 Å². The molecule has 0 bridgehead atoms. The molecule has 1 N–H and O–H groups in total. The van der Waals surface area contributed by atoms with Gasteiger partial charge in [0.05, 0.1) is 6.20 Å². The number of nitrogens with one attached hydrogen (secondary N) is 1. The normalized spacial score (nSPS) is 9.62. The van der Waals surface area contributed by atoms with Crippen molar-refractivity contribution in [2.75, 3.05) is 5.32 Å². The zero-order valence-corrected chi connectivity index (χ0v) is 8.49. The number of allylic oxidation sites excluding steroid dienone is 1. The fourth-order valence-electron chi connectivity index (χ4n) is 1.04. The average Bonchev–Trinajstić information content (AvgIpc) is 2.25. The van der Waals surface area contributed by atoms with Gasteiger partial charge in [-0.2, -0.15) is 8.78 Å². The molecule has 86 valence electrons. The molecule has 1 aromatic heterocycles. The van der Waals surface area contributed by atoms with Gasteiger partial charge in [0.15, 0.2) is 5.82 Å². The number of aromatic nitrogens is 2. The molecule has 0 aliphatic rings. The Morgan fingerprint density at radius 1 is 1.44 bits per heavy atom. The maximum Gasteiger partial charge on any atom is 0.266 e. The van der Waals surface area contributed by atoms with E-state index in [2.05, 4.69) is 15.3 Å².